The van der Waals surface area contributed by atoms with E-state index in [2.05, 4.69) is 10.6 Å². The molecule has 4 aromatic carbocycles. The molecule has 50 heavy (non-hydrogen) atoms. The third-order valence-electron chi connectivity index (χ3n) is 8.20. The highest BCUT2D eigenvalue weighted by Crippen LogP contribution is 2.41. The van der Waals surface area contributed by atoms with E-state index in [1.165, 1.54) is 0 Å². The first kappa shape index (κ1) is 35.6. The Morgan fingerprint density at radius 3 is 1.70 bits per heavy atom. The van der Waals surface area contributed by atoms with E-state index in [0.717, 1.165) is 40.8 Å². The molecule has 1 aliphatic rings. The summed E-state index contributed by atoms with van der Waals surface area (Å²) in [6, 6.07) is 18.9. The lowest BCUT2D eigenvalue weighted by Crippen LogP contribution is -2.38. The number of benzene rings is 4. The Bertz CT molecular complexity index is 1790. The number of hydrogen-bond donors (Lipinski definition) is 2. The van der Waals surface area contributed by atoms with Crippen LogP contribution in [-0.2, 0) is 0 Å². The molecule has 1 heterocycles. The number of carbonyl (C=O) groups is 1. The first-order chi connectivity index (χ1) is 24.3. The van der Waals surface area contributed by atoms with Crippen LogP contribution in [0.15, 0.2) is 60.7 Å². The summed E-state index contributed by atoms with van der Waals surface area (Å²) in [5.41, 5.74) is 5.03. The molecule has 11 heteroatoms. The number of hydrogen-bond acceptors (Lipinski definition) is 10. The lowest BCUT2D eigenvalue weighted by atomic mass is 10.0. The lowest BCUT2D eigenvalue weighted by Gasteiger charge is -2.28. The SMILES string of the molecule is COc1cc(C2NC(=O)c3cc(C)ccc3N2)ccc1OCCCCOc1c(OC)cc(/C=C/c2cc(OC)c(OC)c(OC)c2)cc1OC. The zero-order valence-corrected chi connectivity index (χ0v) is 29.5. The molecule has 11 nitrogen and oxygen atoms in total. The van der Waals surface area contributed by atoms with E-state index in [9.17, 15) is 4.79 Å². The maximum Gasteiger partial charge on any atom is 0.255 e. The minimum absolute atomic E-state index is 0.121. The Kier molecular flexibility index (Phi) is 11.8. The minimum Gasteiger partial charge on any atom is -0.493 e. The maximum atomic E-state index is 12.7. The lowest BCUT2D eigenvalue weighted by molar-refractivity contribution is 0.0935. The second-order valence-corrected chi connectivity index (χ2v) is 11.5. The van der Waals surface area contributed by atoms with Gasteiger partial charge in [-0.1, -0.05) is 29.8 Å². The summed E-state index contributed by atoms with van der Waals surface area (Å²) in [6.45, 7) is 2.86. The molecule has 1 atom stereocenters. The van der Waals surface area contributed by atoms with E-state index in [4.69, 9.17) is 37.9 Å². The highest BCUT2D eigenvalue weighted by molar-refractivity contribution is 6.02. The Labute approximate surface area is 293 Å². The van der Waals surface area contributed by atoms with Crippen LogP contribution >= 0.6 is 0 Å². The normalized spacial score (nSPS) is 13.5. The van der Waals surface area contributed by atoms with Gasteiger partial charge in [-0.2, -0.15) is 0 Å². The van der Waals surface area contributed by atoms with Gasteiger partial charge in [-0.15, -0.1) is 0 Å². The van der Waals surface area contributed by atoms with Crippen molar-refractivity contribution in [2.24, 2.45) is 0 Å². The molecule has 1 unspecified atom stereocenters. The molecule has 1 aliphatic heterocycles. The summed E-state index contributed by atoms with van der Waals surface area (Å²) in [7, 11) is 9.53. The van der Waals surface area contributed by atoms with E-state index < -0.39 is 6.17 Å². The molecule has 1 amide bonds. The Morgan fingerprint density at radius 2 is 1.14 bits per heavy atom. The third kappa shape index (κ3) is 8.11. The third-order valence-corrected chi connectivity index (χ3v) is 8.20. The van der Waals surface area contributed by atoms with Crippen LogP contribution in [0.25, 0.3) is 12.2 Å². The van der Waals surface area contributed by atoms with E-state index in [-0.39, 0.29) is 5.91 Å². The summed E-state index contributed by atoms with van der Waals surface area (Å²) in [6.07, 6.45) is 4.95. The molecule has 0 bridgehead atoms. The molecule has 0 spiro atoms. The average Bonchev–Trinajstić information content (AvgIpc) is 3.14. The molecule has 5 rings (SSSR count). The summed E-state index contributed by atoms with van der Waals surface area (Å²) in [4.78, 5) is 12.7. The van der Waals surface area contributed by atoms with Crippen LogP contribution in [0, 0.1) is 6.92 Å². The fraction of sp³-hybridized carbons (Fsp3) is 0.308. The number of rotatable bonds is 16. The standard InChI is InChI=1S/C39H44N2O9/c1-24-10-14-29-28(18-24)39(42)41-38(40-29)27-13-15-30(31(23-27)43-2)49-16-8-9-17-50-37-34(46-5)21-26(22-35(37)47-6)12-11-25-19-32(44-3)36(48-7)33(20-25)45-4/h10-15,18-23,38,40H,8-9,16-17H2,1-7H3,(H,41,42)/b12-11+. The van der Waals surface area contributed by atoms with Crippen molar-refractivity contribution in [2.45, 2.75) is 25.9 Å². The van der Waals surface area contributed by atoms with Crippen LogP contribution in [0.4, 0.5) is 5.69 Å². The molecule has 0 radical (unpaired) electrons. The first-order valence-corrected chi connectivity index (χ1v) is 16.2. The van der Waals surface area contributed by atoms with Crippen LogP contribution in [0.5, 0.6) is 46.0 Å². The minimum atomic E-state index is -0.390. The molecule has 2 N–H and O–H groups in total. The zero-order valence-electron chi connectivity index (χ0n) is 29.5. The van der Waals surface area contributed by atoms with Gasteiger partial charge in [0.25, 0.3) is 5.91 Å². The van der Waals surface area contributed by atoms with Gasteiger partial charge in [-0.05, 0) is 85.0 Å². The second kappa shape index (κ2) is 16.6. The molecule has 0 saturated carbocycles. The quantitative estimate of drug-likeness (QED) is 0.0920. The number of carbonyl (C=O) groups excluding carboxylic acids is 1. The van der Waals surface area contributed by atoms with Crippen molar-refractivity contribution >= 4 is 23.7 Å². The molecular formula is C39H44N2O9. The molecule has 0 aliphatic carbocycles. The van der Waals surface area contributed by atoms with Gasteiger partial charge in [0.2, 0.25) is 11.5 Å². The summed E-state index contributed by atoms with van der Waals surface area (Å²) in [5, 5.41) is 6.41. The van der Waals surface area contributed by atoms with Crippen molar-refractivity contribution in [3.63, 3.8) is 0 Å². The van der Waals surface area contributed by atoms with E-state index in [1.54, 1.807) is 42.7 Å². The van der Waals surface area contributed by atoms with Gasteiger partial charge in [0.05, 0.1) is 61.4 Å². The maximum absolute atomic E-state index is 12.7. The van der Waals surface area contributed by atoms with E-state index in [1.807, 2.05) is 79.7 Å². The number of unbranched alkanes of at least 4 members (excludes halogenated alkanes) is 1. The van der Waals surface area contributed by atoms with Gasteiger partial charge in [-0.3, -0.25) is 4.79 Å². The van der Waals surface area contributed by atoms with E-state index in [0.29, 0.717) is 64.8 Å². The van der Waals surface area contributed by atoms with Crippen LogP contribution < -0.4 is 48.5 Å². The predicted molar refractivity (Wildman–Crippen MR) is 193 cm³/mol. The van der Waals surface area contributed by atoms with Crippen LogP contribution in [0.1, 0.15) is 51.6 Å². The summed E-state index contributed by atoms with van der Waals surface area (Å²) in [5.74, 6) is 4.38. The first-order valence-electron chi connectivity index (χ1n) is 16.2. The monoisotopic (exact) mass is 684 g/mol. The zero-order chi connectivity index (χ0) is 35.6. The molecule has 0 fully saturated rings. The van der Waals surface area contributed by atoms with Gasteiger partial charge < -0.3 is 48.5 Å². The van der Waals surface area contributed by atoms with Gasteiger partial charge >= 0.3 is 0 Å². The summed E-state index contributed by atoms with van der Waals surface area (Å²) < 4.78 is 45.5. The Morgan fingerprint density at radius 1 is 0.580 bits per heavy atom. The highest BCUT2D eigenvalue weighted by Gasteiger charge is 2.25. The topological polar surface area (TPSA) is 115 Å². The van der Waals surface area contributed by atoms with Gasteiger partial charge in [0, 0.05) is 5.69 Å². The molecule has 4 aromatic rings. The number of fused-ring (bicyclic) bond motifs is 1. The van der Waals surface area contributed by atoms with Crippen molar-refractivity contribution in [1.29, 1.82) is 0 Å². The molecule has 0 aromatic heterocycles. The highest BCUT2D eigenvalue weighted by atomic mass is 16.5. The van der Waals surface area contributed by atoms with Gasteiger partial charge in [0.1, 0.15) is 6.17 Å². The molecular weight excluding hydrogens is 640 g/mol. The average molecular weight is 685 g/mol. The molecule has 0 saturated heterocycles. The van der Waals surface area contributed by atoms with Gasteiger partial charge in [-0.25, -0.2) is 0 Å². The number of anilines is 1. The number of methoxy groups -OCH3 is 6. The van der Waals surface area contributed by atoms with Gasteiger partial charge in [0.15, 0.2) is 34.5 Å². The second-order valence-electron chi connectivity index (χ2n) is 11.5. The smallest absolute Gasteiger partial charge is 0.255 e. The van der Waals surface area contributed by atoms with Crippen molar-refractivity contribution in [3.05, 3.63) is 88.5 Å². The molecule has 264 valence electrons. The van der Waals surface area contributed by atoms with E-state index >= 15 is 0 Å². The predicted octanol–water partition coefficient (Wildman–Crippen LogP) is 7.31. The van der Waals surface area contributed by atoms with Crippen LogP contribution in [-0.4, -0.2) is 61.8 Å². The van der Waals surface area contributed by atoms with Crippen molar-refractivity contribution < 1.29 is 42.7 Å². The summed E-state index contributed by atoms with van der Waals surface area (Å²) >= 11 is 0. The fourth-order valence-corrected chi connectivity index (χ4v) is 5.61. The number of aryl methyl sites for hydroxylation is 1. The van der Waals surface area contributed by atoms with Crippen LogP contribution in [0.3, 0.4) is 0 Å². The Balaban J connectivity index is 1.16. The largest absolute Gasteiger partial charge is 0.493 e. The van der Waals surface area contributed by atoms with Crippen LogP contribution in [0.2, 0.25) is 0 Å². The number of nitrogens with one attached hydrogen (secondary N) is 2. The van der Waals surface area contributed by atoms with Crippen molar-refractivity contribution in [3.8, 4) is 46.0 Å². The fourth-order valence-electron chi connectivity index (χ4n) is 5.61. The Hall–Kier alpha value is -5.71. The van der Waals surface area contributed by atoms with Crippen molar-refractivity contribution in [2.75, 3.05) is 61.2 Å². The number of amides is 1. The van der Waals surface area contributed by atoms with Crippen molar-refractivity contribution in [1.82, 2.24) is 5.32 Å². The number of ether oxygens (including phenoxy) is 8.